The van der Waals surface area contributed by atoms with Crippen molar-refractivity contribution in [1.29, 1.82) is 0 Å². The quantitative estimate of drug-likeness (QED) is 0.696. The average molecular weight is 397 g/mol. The number of alkyl halides is 3. The minimum absolute atomic E-state index is 0.00403. The lowest BCUT2D eigenvalue weighted by Gasteiger charge is -2.13. The van der Waals surface area contributed by atoms with Crippen LogP contribution in [-0.2, 0) is 36.7 Å². The molecule has 0 saturated heterocycles. The van der Waals surface area contributed by atoms with E-state index in [9.17, 15) is 18.0 Å². The first-order valence-electron chi connectivity index (χ1n) is 9.26. The van der Waals surface area contributed by atoms with E-state index in [1.807, 2.05) is 42.5 Å². The zero-order valence-electron chi connectivity index (χ0n) is 15.5. The maximum atomic E-state index is 13.4. The maximum absolute atomic E-state index is 13.4. The number of fused-ring (bicyclic) bond motifs is 1. The van der Waals surface area contributed by atoms with Gasteiger partial charge in [-0.1, -0.05) is 42.5 Å². The number of benzene rings is 2. The second kappa shape index (κ2) is 7.66. The summed E-state index contributed by atoms with van der Waals surface area (Å²) in [6, 6.07) is 14.9. The summed E-state index contributed by atoms with van der Waals surface area (Å²) in [7, 11) is 0. The van der Waals surface area contributed by atoms with Crippen LogP contribution in [0.2, 0.25) is 0 Å². The van der Waals surface area contributed by atoms with Gasteiger partial charge in [-0.25, -0.2) is 9.97 Å². The van der Waals surface area contributed by atoms with Gasteiger partial charge < -0.3 is 5.32 Å². The summed E-state index contributed by atoms with van der Waals surface area (Å²) < 4.78 is 40.2. The van der Waals surface area contributed by atoms with Crippen LogP contribution in [0, 0.1) is 0 Å². The molecule has 2 aromatic carbocycles. The van der Waals surface area contributed by atoms with Crippen LogP contribution >= 0.6 is 0 Å². The smallest absolute Gasteiger partial charge is 0.326 e. The lowest BCUT2D eigenvalue weighted by Crippen LogP contribution is -2.14. The second-order valence-corrected chi connectivity index (χ2v) is 7.02. The molecular formula is C22H18F3N3O. The van der Waals surface area contributed by atoms with Gasteiger partial charge >= 0.3 is 6.18 Å². The Morgan fingerprint density at radius 1 is 1.00 bits per heavy atom. The van der Waals surface area contributed by atoms with Gasteiger partial charge in [0.25, 0.3) is 0 Å². The molecule has 7 heteroatoms. The molecule has 4 rings (SSSR count). The summed E-state index contributed by atoms with van der Waals surface area (Å²) in [6.45, 7) is 0. The number of aromatic nitrogens is 2. The number of halogens is 3. The third-order valence-corrected chi connectivity index (χ3v) is 4.87. The number of nitrogens with one attached hydrogen (secondary N) is 1. The lowest BCUT2D eigenvalue weighted by atomic mass is 10.0. The van der Waals surface area contributed by atoms with Gasteiger partial charge in [0.15, 0.2) is 0 Å². The molecule has 0 unspecified atom stereocenters. The van der Waals surface area contributed by atoms with E-state index in [4.69, 9.17) is 0 Å². The molecule has 0 radical (unpaired) electrons. The third kappa shape index (κ3) is 4.45. The summed E-state index contributed by atoms with van der Waals surface area (Å²) in [4.78, 5) is 19.7. The first kappa shape index (κ1) is 19.1. The number of aryl methyl sites for hydroxylation is 2. The Morgan fingerprint density at radius 3 is 2.55 bits per heavy atom. The van der Waals surface area contributed by atoms with E-state index in [0.29, 0.717) is 25.1 Å². The number of amides is 1. The van der Waals surface area contributed by atoms with Crippen molar-refractivity contribution in [2.75, 3.05) is 5.32 Å². The van der Waals surface area contributed by atoms with Gasteiger partial charge in [0.05, 0.1) is 17.7 Å². The second-order valence-electron chi connectivity index (χ2n) is 7.02. The van der Waals surface area contributed by atoms with Gasteiger partial charge in [-0.3, -0.25) is 4.79 Å². The molecule has 1 N–H and O–H groups in total. The Balaban J connectivity index is 1.58. The molecule has 1 amide bonds. The Hall–Kier alpha value is -3.22. The van der Waals surface area contributed by atoms with E-state index in [1.165, 1.54) is 0 Å². The molecule has 1 aliphatic rings. The molecule has 0 spiro atoms. The van der Waals surface area contributed by atoms with Crippen LogP contribution in [0.3, 0.4) is 0 Å². The number of nitrogens with zero attached hydrogens (tertiary/aromatic N) is 2. The molecule has 1 aliphatic heterocycles. The van der Waals surface area contributed by atoms with E-state index >= 15 is 0 Å². The molecule has 29 heavy (non-hydrogen) atoms. The van der Waals surface area contributed by atoms with E-state index in [0.717, 1.165) is 28.6 Å². The molecule has 1 aromatic heterocycles. The van der Waals surface area contributed by atoms with Gasteiger partial charge in [-0.2, -0.15) is 13.2 Å². The Kier molecular flexibility index (Phi) is 5.05. The van der Waals surface area contributed by atoms with Gasteiger partial charge in [0, 0.05) is 18.3 Å². The van der Waals surface area contributed by atoms with Crippen LogP contribution < -0.4 is 5.32 Å². The average Bonchev–Trinajstić information content (AvgIpc) is 3.06. The molecule has 0 aliphatic carbocycles. The first-order chi connectivity index (χ1) is 13.9. The van der Waals surface area contributed by atoms with Crippen molar-refractivity contribution in [3.63, 3.8) is 0 Å². The van der Waals surface area contributed by atoms with Gasteiger partial charge in [0.2, 0.25) is 5.91 Å². The third-order valence-electron chi connectivity index (χ3n) is 4.87. The standard InChI is InChI=1S/C22H18F3N3O/c23-22(24,25)17-13-26-20(27-19(17)9-6-14-4-2-1-3-5-14)11-15-7-8-18-16(10-15)12-21(29)28-18/h1-5,7-8,10,13H,6,9,11-12H2,(H,28,29). The van der Waals surface area contributed by atoms with E-state index in [-0.39, 0.29) is 18.0 Å². The first-order valence-corrected chi connectivity index (χ1v) is 9.26. The number of rotatable bonds is 5. The summed E-state index contributed by atoms with van der Waals surface area (Å²) in [5.41, 5.74) is 2.68. The van der Waals surface area contributed by atoms with Gasteiger partial charge in [0.1, 0.15) is 5.82 Å². The van der Waals surface area contributed by atoms with Crippen LogP contribution in [0.15, 0.2) is 54.7 Å². The van der Waals surface area contributed by atoms with Gasteiger partial charge in [-0.15, -0.1) is 0 Å². The minimum Gasteiger partial charge on any atom is -0.326 e. The fourth-order valence-corrected chi connectivity index (χ4v) is 3.45. The molecule has 0 fully saturated rings. The molecular weight excluding hydrogens is 379 g/mol. The zero-order chi connectivity index (χ0) is 20.4. The Bertz CT molecular complexity index is 1050. The van der Waals surface area contributed by atoms with Crippen LogP contribution in [0.4, 0.5) is 18.9 Å². The van der Waals surface area contributed by atoms with Crippen LogP contribution in [-0.4, -0.2) is 15.9 Å². The highest BCUT2D eigenvalue weighted by Crippen LogP contribution is 2.32. The number of hydrogen-bond donors (Lipinski definition) is 1. The maximum Gasteiger partial charge on any atom is 0.419 e. The van der Waals surface area contributed by atoms with Crippen LogP contribution in [0.5, 0.6) is 0 Å². The Labute approximate surface area is 165 Å². The highest BCUT2D eigenvalue weighted by molar-refractivity contribution is 5.99. The van der Waals surface area contributed by atoms with Crippen molar-refractivity contribution >= 4 is 11.6 Å². The van der Waals surface area contributed by atoms with E-state index in [1.54, 1.807) is 6.07 Å². The summed E-state index contributed by atoms with van der Waals surface area (Å²) >= 11 is 0. The highest BCUT2D eigenvalue weighted by Gasteiger charge is 2.34. The minimum atomic E-state index is -4.50. The van der Waals surface area contributed by atoms with Crippen LogP contribution in [0.1, 0.15) is 33.8 Å². The van der Waals surface area contributed by atoms with E-state index in [2.05, 4.69) is 15.3 Å². The summed E-state index contributed by atoms with van der Waals surface area (Å²) in [5, 5.41) is 2.76. The van der Waals surface area contributed by atoms with Crippen molar-refractivity contribution < 1.29 is 18.0 Å². The molecule has 0 atom stereocenters. The van der Waals surface area contributed by atoms with Crippen molar-refractivity contribution in [1.82, 2.24) is 9.97 Å². The molecule has 3 aromatic rings. The fraction of sp³-hybridized carbons (Fsp3) is 0.227. The number of carbonyl (C=O) groups is 1. The molecule has 0 bridgehead atoms. The number of hydrogen-bond acceptors (Lipinski definition) is 3. The Morgan fingerprint density at radius 2 is 1.79 bits per heavy atom. The largest absolute Gasteiger partial charge is 0.419 e. The predicted molar refractivity (Wildman–Crippen MR) is 102 cm³/mol. The normalized spacial score (nSPS) is 13.3. The summed E-state index contributed by atoms with van der Waals surface area (Å²) in [6.07, 6.45) is -2.37. The molecule has 4 nitrogen and oxygen atoms in total. The monoisotopic (exact) mass is 397 g/mol. The summed E-state index contributed by atoms with van der Waals surface area (Å²) in [5.74, 6) is 0.268. The zero-order valence-corrected chi connectivity index (χ0v) is 15.5. The van der Waals surface area contributed by atoms with Crippen molar-refractivity contribution in [3.05, 3.63) is 88.5 Å². The van der Waals surface area contributed by atoms with Crippen molar-refractivity contribution in [2.45, 2.75) is 31.9 Å². The van der Waals surface area contributed by atoms with Crippen molar-refractivity contribution in [2.24, 2.45) is 0 Å². The fourth-order valence-electron chi connectivity index (χ4n) is 3.45. The molecule has 148 valence electrons. The van der Waals surface area contributed by atoms with Crippen molar-refractivity contribution in [3.8, 4) is 0 Å². The topological polar surface area (TPSA) is 54.9 Å². The van der Waals surface area contributed by atoms with Gasteiger partial charge in [-0.05, 0) is 35.6 Å². The number of carbonyl (C=O) groups excluding carboxylic acids is 1. The number of anilines is 1. The highest BCUT2D eigenvalue weighted by atomic mass is 19.4. The van der Waals surface area contributed by atoms with Crippen LogP contribution in [0.25, 0.3) is 0 Å². The molecule has 2 heterocycles. The lowest BCUT2D eigenvalue weighted by molar-refractivity contribution is -0.138. The SMILES string of the molecule is O=C1Cc2cc(Cc3ncc(C(F)(F)F)c(CCc4ccccc4)n3)ccc2N1. The molecule has 0 saturated carbocycles. The predicted octanol–water partition coefficient (Wildman–Crippen LogP) is 4.37. The van der Waals surface area contributed by atoms with E-state index < -0.39 is 11.7 Å².